The molecule has 0 aromatic heterocycles. The van der Waals surface area contributed by atoms with E-state index in [1.54, 1.807) is 0 Å². The van der Waals surface area contributed by atoms with Crippen molar-refractivity contribution >= 4 is 47.0 Å². The molecule has 4 heterocycles. The number of rotatable bonds is 20. The maximum atomic E-state index is 13.0. The van der Waals surface area contributed by atoms with Crippen LogP contribution in [0.3, 0.4) is 0 Å². The Kier molecular flexibility index (Phi) is 31.2. The van der Waals surface area contributed by atoms with Crippen LogP contribution in [-0.2, 0) is 74.2 Å². The molecule has 0 aromatic rings. The lowest BCUT2D eigenvalue weighted by molar-refractivity contribution is -0.0660. The van der Waals surface area contributed by atoms with E-state index in [1.807, 2.05) is 55.4 Å². The van der Waals surface area contributed by atoms with E-state index in [0.717, 1.165) is 0 Å². The minimum atomic E-state index is -3.86. The van der Waals surface area contributed by atoms with Gasteiger partial charge >= 0.3 is 15.6 Å². The number of ether oxygens (including phenoxy) is 8. The molecule has 1 unspecified atom stereocenters. The van der Waals surface area contributed by atoms with Crippen LogP contribution in [0, 0.1) is 0 Å². The van der Waals surface area contributed by atoms with Crippen molar-refractivity contribution < 1.29 is 84.4 Å². The van der Waals surface area contributed by atoms with Gasteiger partial charge in [-0.15, -0.1) is 0 Å². The van der Waals surface area contributed by atoms with Gasteiger partial charge in [-0.05, 0) is 81.1 Å². The van der Waals surface area contributed by atoms with Crippen LogP contribution in [0.2, 0.25) is 0 Å². The molecule has 13 atom stereocenters. The highest BCUT2D eigenvalue weighted by Gasteiger charge is 2.42. The summed E-state index contributed by atoms with van der Waals surface area (Å²) in [5.74, 6) is 0. The molecule has 4 aliphatic heterocycles. The zero-order chi connectivity index (χ0) is 45.8. The second-order valence-electron chi connectivity index (χ2n) is 15.3. The summed E-state index contributed by atoms with van der Waals surface area (Å²) in [4.78, 5) is 0. The molecule has 4 aliphatic rings. The Hall–Kier alpha value is 0.0797. The van der Waals surface area contributed by atoms with E-state index in [-0.39, 0.29) is 88.1 Å². The van der Waals surface area contributed by atoms with Gasteiger partial charge in [-0.2, -0.15) is 0 Å². The van der Waals surface area contributed by atoms with Crippen LogP contribution in [0.15, 0.2) is 0 Å². The molecule has 0 saturated carbocycles. The normalized spacial score (nSPS) is 32.2. The first-order valence-electron chi connectivity index (χ1n) is 20.3. The van der Waals surface area contributed by atoms with Gasteiger partial charge in [0.05, 0.1) is 75.3 Å². The SMILES string of the molecule is C.COP(=O)(OC)OC.[B][C@H]1C[C@@H](O)[C@@H](COC(C)C)O1.[B][C@H]1C[C@@H](OC(C)C)[C@@H](CO)O1.[B][C@H]1C[C@@H](OC(C)C)[C@@H](COP(=O)(OC)O[C@@H]2C[C@H]([B])O[C@@H]2COC(C)C)O1. The van der Waals surface area contributed by atoms with E-state index >= 15 is 0 Å². The fourth-order valence-corrected chi connectivity index (χ4v) is 7.54. The van der Waals surface area contributed by atoms with Gasteiger partial charge in [0.15, 0.2) is 0 Å². The van der Waals surface area contributed by atoms with Crippen molar-refractivity contribution in [1.29, 1.82) is 0 Å². The van der Waals surface area contributed by atoms with E-state index < -0.39 is 52.1 Å². The Bertz CT molecular complexity index is 1210. The monoisotopic (exact) mass is 912 g/mol. The van der Waals surface area contributed by atoms with Crippen LogP contribution >= 0.6 is 15.6 Å². The molecule has 0 amide bonds. The van der Waals surface area contributed by atoms with Gasteiger partial charge in [0.25, 0.3) is 0 Å². The number of phosphoric ester groups is 2. The molecule has 18 nitrogen and oxygen atoms in total. The van der Waals surface area contributed by atoms with Crippen LogP contribution in [0.5, 0.6) is 0 Å². The van der Waals surface area contributed by atoms with Crippen LogP contribution in [0.4, 0.5) is 0 Å². The van der Waals surface area contributed by atoms with E-state index in [4.69, 9.17) is 88.0 Å². The highest BCUT2D eigenvalue weighted by Crippen LogP contribution is 2.52. The summed E-state index contributed by atoms with van der Waals surface area (Å²) in [5, 5.41) is 18.3. The zero-order valence-corrected chi connectivity index (χ0v) is 39.3. The third kappa shape index (κ3) is 24.4. The second-order valence-corrected chi connectivity index (χ2v) is 19.0. The molecule has 0 aliphatic carbocycles. The topological polar surface area (TPSA) is 204 Å². The molecule has 8 radical (unpaired) electrons. The predicted octanol–water partition coefficient (Wildman–Crippen LogP) is 3.71. The van der Waals surface area contributed by atoms with Crippen molar-refractivity contribution in [1.82, 2.24) is 0 Å². The van der Waals surface area contributed by atoms with Gasteiger partial charge in [-0.3, -0.25) is 27.1 Å². The predicted molar refractivity (Wildman–Crippen MR) is 232 cm³/mol. The Morgan fingerprint density at radius 3 is 1.26 bits per heavy atom. The fourth-order valence-electron chi connectivity index (χ4n) is 5.96. The van der Waals surface area contributed by atoms with E-state index in [1.165, 1.54) is 28.4 Å². The maximum absolute atomic E-state index is 13.0. The van der Waals surface area contributed by atoms with Gasteiger partial charge in [0, 0.05) is 52.5 Å². The quantitative estimate of drug-likeness (QED) is 0.132. The summed E-state index contributed by atoms with van der Waals surface area (Å²) < 4.78 is 96.8. The van der Waals surface area contributed by atoms with E-state index in [0.29, 0.717) is 32.3 Å². The summed E-state index contributed by atoms with van der Waals surface area (Å²) in [6.07, 6.45) is -0.371. The number of hydrogen-bond donors (Lipinski definition) is 2. The third-order valence-corrected chi connectivity index (χ3v) is 11.5. The van der Waals surface area contributed by atoms with Gasteiger partial charge in [0.2, 0.25) is 0 Å². The average Bonchev–Trinajstić information content (AvgIpc) is 3.92. The number of phosphoric acid groups is 2. The summed E-state index contributed by atoms with van der Waals surface area (Å²) in [5.41, 5.74) is 0. The molecular formula is C37H74B4O18P2. The van der Waals surface area contributed by atoms with Crippen LogP contribution in [0.1, 0.15) is 88.5 Å². The Morgan fingerprint density at radius 2 is 0.902 bits per heavy atom. The highest BCUT2D eigenvalue weighted by atomic mass is 31.2. The molecule has 4 fully saturated rings. The minimum Gasteiger partial charge on any atom is -0.394 e. The largest absolute Gasteiger partial charge is 0.474 e. The van der Waals surface area contributed by atoms with Crippen molar-refractivity contribution in [2.24, 2.45) is 0 Å². The van der Waals surface area contributed by atoms with E-state index in [9.17, 15) is 14.2 Å². The summed E-state index contributed by atoms with van der Waals surface area (Å²) in [7, 11) is 20.8. The third-order valence-electron chi connectivity index (χ3n) is 8.76. The molecule has 24 heteroatoms. The maximum Gasteiger partial charge on any atom is 0.474 e. The van der Waals surface area contributed by atoms with Crippen molar-refractivity contribution in [2.75, 3.05) is 54.9 Å². The van der Waals surface area contributed by atoms with Crippen molar-refractivity contribution in [2.45, 2.75) is 186 Å². The molecular weight excluding hydrogens is 838 g/mol. The highest BCUT2D eigenvalue weighted by molar-refractivity contribution is 7.48. The lowest BCUT2D eigenvalue weighted by Gasteiger charge is -2.26. The summed E-state index contributed by atoms with van der Waals surface area (Å²) in [6.45, 7) is 16.1. The number of aliphatic hydroxyl groups excluding tert-OH is 2. The first kappa shape index (κ1) is 61.1. The zero-order valence-electron chi connectivity index (χ0n) is 37.5. The smallest absolute Gasteiger partial charge is 0.394 e. The van der Waals surface area contributed by atoms with Crippen molar-refractivity contribution in [3.8, 4) is 0 Å². The van der Waals surface area contributed by atoms with Crippen LogP contribution in [0.25, 0.3) is 0 Å². The fraction of sp³-hybridized carbons (Fsp3) is 1.00. The summed E-state index contributed by atoms with van der Waals surface area (Å²) >= 11 is 0. The standard InChI is InChI=1S/C17H31B2O8P.2C8H15BO3.C3H9O4P.CH4/c1-10(2)22-8-14-13(7-17(19)25-14)27-28(20,21-5)23-9-15-12(24-11(3)4)6-16(18)26-15;1-5(2)11-4-7-6(10)3-8(9)12-7;1-5(2)11-6-3-8(9)12-7(6)4-10;1-5-8(4,6-2)7-3;/h10-17H,6-9H2,1-5H3;2*5-8,10H,3-4H2,1-2H3;1-3H3;1H4/t12-,13-,14-,15-,16-,17-,28?;2*6-,7-,8-;;/m111../s1. The Morgan fingerprint density at radius 1 is 0.541 bits per heavy atom. The first-order chi connectivity index (χ1) is 28.0. The van der Waals surface area contributed by atoms with E-state index in [2.05, 4.69) is 13.6 Å². The molecule has 4 saturated heterocycles. The Balaban J connectivity index is 0.000000900. The molecule has 61 heavy (non-hydrogen) atoms. The minimum absolute atomic E-state index is 0. The van der Waals surface area contributed by atoms with Crippen molar-refractivity contribution in [3.05, 3.63) is 0 Å². The Labute approximate surface area is 371 Å². The van der Waals surface area contributed by atoms with Crippen LogP contribution < -0.4 is 0 Å². The molecule has 2 N–H and O–H groups in total. The summed E-state index contributed by atoms with van der Waals surface area (Å²) in [6, 6.07) is -1.61. The first-order valence-corrected chi connectivity index (χ1v) is 23.2. The number of hydrogen-bond acceptors (Lipinski definition) is 18. The van der Waals surface area contributed by atoms with Crippen molar-refractivity contribution in [3.63, 3.8) is 0 Å². The van der Waals surface area contributed by atoms with Crippen LogP contribution in [-0.4, -0.2) is 194 Å². The lowest BCUT2D eigenvalue weighted by atomic mass is 9.96. The average molecular weight is 912 g/mol. The van der Waals surface area contributed by atoms with Gasteiger partial charge in [-0.25, -0.2) is 9.13 Å². The molecule has 0 aromatic carbocycles. The van der Waals surface area contributed by atoms with Gasteiger partial charge < -0.3 is 48.1 Å². The second kappa shape index (κ2) is 31.1. The molecule has 352 valence electrons. The van der Waals surface area contributed by atoms with Gasteiger partial charge in [0.1, 0.15) is 55.8 Å². The molecule has 0 spiro atoms. The lowest BCUT2D eigenvalue weighted by Crippen LogP contribution is -2.32. The molecule has 4 rings (SSSR count). The number of aliphatic hydroxyl groups is 2. The van der Waals surface area contributed by atoms with Gasteiger partial charge in [-0.1, -0.05) is 7.43 Å². The molecule has 0 bridgehead atoms.